The first-order valence-corrected chi connectivity index (χ1v) is 24.5. The Morgan fingerprint density at radius 2 is 1.32 bits per heavy atom. The Balaban J connectivity index is 1.27. The van der Waals surface area contributed by atoms with Gasteiger partial charge in [-0.2, -0.15) is 0 Å². The van der Waals surface area contributed by atoms with Crippen molar-refractivity contribution in [2.45, 2.75) is 209 Å². The van der Waals surface area contributed by atoms with Gasteiger partial charge in [0.05, 0.1) is 25.4 Å². The predicted octanol–water partition coefficient (Wildman–Crippen LogP) is 15.1. The van der Waals surface area contributed by atoms with Crippen LogP contribution in [0.5, 0.6) is 17.2 Å². The third-order valence-electron chi connectivity index (χ3n) is 15.5. The molecular formula is C52H86O5. The van der Waals surface area contributed by atoms with Crippen LogP contribution in [-0.4, -0.2) is 31.9 Å². The number of fused-ring (bicyclic) bond motifs is 5. The molecule has 5 rings (SSSR count). The van der Waals surface area contributed by atoms with Crippen LogP contribution in [0.3, 0.4) is 0 Å². The van der Waals surface area contributed by atoms with Gasteiger partial charge in [-0.15, -0.1) is 0 Å². The Morgan fingerprint density at radius 3 is 1.91 bits per heavy atom. The Bertz CT molecular complexity index is 1360. The van der Waals surface area contributed by atoms with Crippen molar-refractivity contribution in [2.75, 3.05) is 19.8 Å². The molecule has 0 unspecified atom stereocenters. The molecule has 4 aliphatic rings. The molecule has 1 aromatic carbocycles. The number of carbonyl (C=O) groups is 1. The second kappa shape index (κ2) is 22.4. The van der Waals surface area contributed by atoms with Crippen molar-refractivity contribution >= 4 is 5.97 Å². The van der Waals surface area contributed by atoms with Crippen LogP contribution < -0.4 is 14.2 Å². The van der Waals surface area contributed by atoms with Crippen molar-refractivity contribution in [3.63, 3.8) is 0 Å². The number of hydrogen-bond acceptors (Lipinski definition) is 5. The summed E-state index contributed by atoms with van der Waals surface area (Å²) in [5.74, 6) is 6.54. The number of ether oxygens (including phenoxy) is 4. The van der Waals surface area contributed by atoms with Gasteiger partial charge in [0.25, 0.3) is 0 Å². The molecule has 1 aromatic rings. The van der Waals surface area contributed by atoms with Crippen LogP contribution in [0.1, 0.15) is 213 Å². The summed E-state index contributed by atoms with van der Waals surface area (Å²) in [6, 6.07) is 3.73. The zero-order valence-corrected chi connectivity index (χ0v) is 38.2. The molecule has 0 bridgehead atoms. The van der Waals surface area contributed by atoms with E-state index in [1.165, 1.54) is 89.9 Å². The molecule has 3 fully saturated rings. The van der Waals surface area contributed by atoms with Crippen LogP contribution in [0.25, 0.3) is 0 Å². The molecule has 4 aliphatic carbocycles. The van der Waals surface area contributed by atoms with Crippen LogP contribution in [0.4, 0.5) is 0 Å². The Labute approximate surface area is 350 Å². The molecule has 0 heterocycles. The molecule has 5 nitrogen and oxygen atoms in total. The highest BCUT2D eigenvalue weighted by Crippen LogP contribution is 2.67. The van der Waals surface area contributed by atoms with Gasteiger partial charge >= 0.3 is 5.97 Å². The molecule has 0 N–H and O–H groups in total. The van der Waals surface area contributed by atoms with E-state index < -0.39 is 0 Å². The molecule has 0 saturated heterocycles. The fourth-order valence-corrected chi connectivity index (χ4v) is 12.1. The first-order valence-electron chi connectivity index (χ1n) is 24.5. The lowest BCUT2D eigenvalue weighted by Gasteiger charge is -2.58. The first-order chi connectivity index (χ1) is 27.5. The minimum absolute atomic E-state index is 0.101. The van der Waals surface area contributed by atoms with Gasteiger partial charge in [-0.05, 0) is 123 Å². The maximum absolute atomic E-state index is 14.1. The van der Waals surface area contributed by atoms with E-state index in [-0.39, 0.29) is 17.5 Å². The van der Waals surface area contributed by atoms with E-state index in [1.54, 1.807) is 5.57 Å². The molecule has 57 heavy (non-hydrogen) atoms. The molecule has 0 aliphatic heterocycles. The summed E-state index contributed by atoms with van der Waals surface area (Å²) >= 11 is 0. The smallest absolute Gasteiger partial charge is 0.338 e. The summed E-state index contributed by atoms with van der Waals surface area (Å²) in [4.78, 5) is 14.1. The van der Waals surface area contributed by atoms with Crippen molar-refractivity contribution < 1.29 is 23.7 Å². The maximum Gasteiger partial charge on any atom is 0.338 e. The fourth-order valence-electron chi connectivity index (χ4n) is 12.1. The molecule has 3 saturated carbocycles. The van der Waals surface area contributed by atoms with Crippen molar-refractivity contribution in [2.24, 2.45) is 46.3 Å². The van der Waals surface area contributed by atoms with Gasteiger partial charge in [0.2, 0.25) is 5.75 Å². The van der Waals surface area contributed by atoms with Crippen LogP contribution in [0.2, 0.25) is 0 Å². The maximum atomic E-state index is 14.1. The summed E-state index contributed by atoms with van der Waals surface area (Å²) in [6.45, 7) is 21.1. The summed E-state index contributed by atoms with van der Waals surface area (Å²) < 4.78 is 25.7. The number of carbonyl (C=O) groups excluding carboxylic acids is 1. The van der Waals surface area contributed by atoms with E-state index in [4.69, 9.17) is 18.9 Å². The average molecular weight is 791 g/mol. The zero-order valence-electron chi connectivity index (χ0n) is 38.2. The third kappa shape index (κ3) is 11.8. The van der Waals surface area contributed by atoms with E-state index in [0.717, 1.165) is 93.3 Å². The van der Waals surface area contributed by atoms with Gasteiger partial charge in [0.1, 0.15) is 6.10 Å². The largest absolute Gasteiger partial charge is 0.490 e. The topological polar surface area (TPSA) is 54.0 Å². The van der Waals surface area contributed by atoms with E-state index in [2.05, 4.69) is 61.5 Å². The number of unbranched alkanes of at least 4 members (excludes halogenated alkanes) is 9. The molecule has 324 valence electrons. The van der Waals surface area contributed by atoms with Crippen LogP contribution >= 0.6 is 0 Å². The Kier molecular flexibility index (Phi) is 18.1. The second-order valence-electron chi connectivity index (χ2n) is 20.1. The average Bonchev–Trinajstić information content (AvgIpc) is 3.55. The molecule has 8 atom stereocenters. The van der Waals surface area contributed by atoms with Crippen LogP contribution in [0, 0.1) is 46.3 Å². The van der Waals surface area contributed by atoms with Crippen molar-refractivity contribution in [3.05, 3.63) is 29.3 Å². The molecule has 5 heteroatoms. The lowest BCUT2D eigenvalue weighted by Crippen LogP contribution is -2.51. The summed E-state index contributed by atoms with van der Waals surface area (Å²) in [5, 5.41) is 0. The normalized spacial score (nSPS) is 28.6. The minimum atomic E-state index is -0.271. The zero-order chi connectivity index (χ0) is 40.8. The van der Waals surface area contributed by atoms with Gasteiger partial charge < -0.3 is 18.9 Å². The highest BCUT2D eigenvalue weighted by molar-refractivity contribution is 5.91. The Morgan fingerprint density at radius 1 is 0.702 bits per heavy atom. The summed E-state index contributed by atoms with van der Waals surface area (Å²) in [5.41, 5.74) is 2.79. The van der Waals surface area contributed by atoms with Crippen molar-refractivity contribution in [3.8, 4) is 17.2 Å². The van der Waals surface area contributed by atoms with E-state index in [1.807, 2.05) is 12.1 Å². The molecule has 0 spiro atoms. The summed E-state index contributed by atoms with van der Waals surface area (Å²) in [7, 11) is 0. The van der Waals surface area contributed by atoms with Crippen LogP contribution in [0.15, 0.2) is 23.8 Å². The van der Waals surface area contributed by atoms with Gasteiger partial charge in [0.15, 0.2) is 11.5 Å². The Hall–Kier alpha value is -2.17. The molecule has 0 amide bonds. The number of benzene rings is 1. The number of rotatable bonds is 25. The highest BCUT2D eigenvalue weighted by atomic mass is 16.6. The molecule has 0 radical (unpaired) electrons. The number of allylic oxidation sites excluding steroid dienone is 1. The standard InChI is InChI=1S/C52H86O5/c1-9-12-15-18-32-54-47-35-40(36-48(55-33-19-16-13-10-2)49(47)56-34-20-17-14-11-3)50(53)57-42-28-30-51(7)41(37-42)24-25-43-45-27-26-44(39(6)23-21-22-38(4)5)52(45,8)31-29-46(43)51/h24,35-36,38-39,42-46H,9-23,25-34,37H2,1-8H3/t39-,42+,43+,44-,45+,46+,51+,52-/m1/s1. The van der Waals surface area contributed by atoms with Crippen molar-refractivity contribution in [1.82, 2.24) is 0 Å². The number of hydrogen-bond donors (Lipinski definition) is 0. The van der Waals surface area contributed by atoms with E-state index >= 15 is 0 Å². The summed E-state index contributed by atoms with van der Waals surface area (Å²) in [6.07, 6.45) is 29.9. The molecular weight excluding hydrogens is 705 g/mol. The lowest BCUT2D eigenvalue weighted by atomic mass is 9.47. The minimum Gasteiger partial charge on any atom is -0.490 e. The third-order valence-corrected chi connectivity index (χ3v) is 15.5. The SMILES string of the molecule is CCCCCCOc1cc(C(=O)O[C@H]2CC[C@@]3(C)C(=CC[C@H]4[C@@H]5CC[C@H]([C@H](C)CCCC(C)C)[C@@]5(C)CC[C@@H]43)C2)cc(OCCCCCC)c1OCCCCCC. The lowest BCUT2D eigenvalue weighted by molar-refractivity contribution is -0.0594. The quantitative estimate of drug-likeness (QED) is 0.0561. The second-order valence-corrected chi connectivity index (χ2v) is 20.1. The van der Waals surface area contributed by atoms with Gasteiger partial charge in [-0.1, -0.05) is 144 Å². The van der Waals surface area contributed by atoms with Crippen molar-refractivity contribution in [1.29, 1.82) is 0 Å². The van der Waals surface area contributed by atoms with Crippen LogP contribution in [-0.2, 0) is 4.74 Å². The highest BCUT2D eigenvalue weighted by Gasteiger charge is 2.59. The van der Waals surface area contributed by atoms with E-state index in [9.17, 15) is 4.79 Å². The first kappa shape index (κ1) is 45.9. The van der Waals surface area contributed by atoms with Gasteiger partial charge in [-0.3, -0.25) is 0 Å². The number of esters is 1. The fraction of sp³-hybridized carbons (Fsp3) is 0.827. The monoisotopic (exact) mass is 791 g/mol. The predicted molar refractivity (Wildman–Crippen MR) is 238 cm³/mol. The molecule has 0 aromatic heterocycles. The van der Waals surface area contributed by atoms with Gasteiger partial charge in [0, 0.05) is 6.42 Å². The van der Waals surface area contributed by atoms with Gasteiger partial charge in [-0.25, -0.2) is 4.79 Å². The van der Waals surface area contributed by atoms with E-state index in [0.29, 0.717) is 48.0 Å².